The number of hydrogen-bond acceptors (Lipinski definition) is 3. The quantitative estimate of drug-likeness (QED) is 0.530. The van der Waals surface area contributed by atoms with Crippen LogP contribution in [0.5, 0.6) is 0 Å². The van der Waals surface area contributed by atoms with Crippen molar-refractivity contribution < 1.29 is 14.6 Å². The van der Waals surface area contributed by atoms with Crippen molar-refractivity contribution in [1.82, 2.24) is 0 Å². The molecule has 3 aliphatic heterocycles. The molecule has 4 rings (SSSR count). The Morgan fingerprint density at radius 2 is 1.94 bits per heavy atom. The molecule has 0 aromatic carbocycles. The summed E-state index contributed by atoms with van der Waals surface area (Å²) in [6.45, 7) is 8.51. The number of rotatable bonds is 0. The van der Waals surface area contributed by atoms with Crippen LogP contribution in [0, 0.1) is 11.8 Å². The van der Waals surface area contributed by atoms with Gasteiger partial charge >= 0.3 is 0 Å². The van der Waals surface area contributed by atoms with Crippen LogP contribution in [0.15, 0.2) is 11.6 Å². The van der Waals surface area contributed by atoms with E-state index in [0.717, 1.165) is 6.42 Å². The Kier molecular flexibility index (Phi) is 1.73. The zero-order valence-corrected chi connectivity index (χ0v) is 11.6. The van der Waals surface area contributed by atoms with Gasteiger partial charge in [-0.2, -0.15) is 0 Å². The maximum atomic E-state index is 11.0. The molecule has 0 amide bonds. The van der Waals surface area contributed by atoms with E-state index >= 15 is 0 Å². The van der Waals surface area contributed by atoms with Gasteiger partial charge in [0, 0.05) is 12.3 Å². The van der Waals surface area contributed by atoms with Crippen LogP contribution in [0.3, 0.4) is 0 Å². The van der Waals surface area contributed by atoms with Crippen molar-refractivity contribution in [2.24, 2.45) is 11.8 Å². The lowest BCUT2D eigenvalue weighted by Crippen LogP contribution is -2.48. The number of aliphatic hydroxyl groups is 1. The Morgan fingerprint density at radius 3 is 2.56 bits per heavy atom. The second kappa shape index (κ2) is 2.72. The maximum Gasteiger partial charge on any atom is 0.219 e. The van der Waals surface area contributed by atoms with Crippen LogP contribution in [0.2, 0.25) is 0 Å². The van der Waals surface area contributed by atoms with Crippen LogP contribution < -0.4 is 0 Å². The van der Waals surface area contributed by atoms with Crippen molar-refractivity contribution in [2.75, 3.05) is 0 Å². The topological polar surface area (TPSA) is 42.0 Å². The molecule has 3 nitrogen and oxygen atoms in total. The van der Waals surface area contributed by atoms with E-state index in [2.05, 4.69) is 27.7 Å². The van der Waals surface area contributed by atoms with Gasteiger partial charge in [-0.15, -0.1) is 0 Å². The lowest BCUT2D eigenvalue weighted by Gasteiger charge is -2.40. The third-order valence-electron chi connectivity index (χ3n) is 6.10. The van der Waals surface area contributed by atoms with Crippen molar-refractivity contribution in [3.63, 3.8) is 0 Å². The molecule has 3 heterocycles. The first-order valence-corrected chi connectivity index (χ1v) is 7.08. The Labute approximate surface area is 108 Å². The van der Waals surface area contributed by atoms with Gasteiger partial charge in [-0.05, 0) is 45.6 Å². The molecule has 3 heteroatoms. The predicted octanol–water partition coefficient (Wildman–Crippen LogP) is 2.39. The molecular formula is C15H22O3. The standard InChI is InChI=1S/C15H22O3/c1-9-7-15(16)14(12(3,4)17-14)8-13(18-15)10(2)5-6-11(9)13/h7,10-11,16H,5-6,8H2,1-4H3/t10-,11-,13-,14+,15+/m0/s1. The Bertz CT molecular complexity index is 468. The summed E-state index contributed by atoms with van der Waals surface area (Å²) in [6.07, 6.45) is 5.12. The summed E-state index contributed by atoms with van der Waals surface area (Å²) >= 11 is 0. The van der Waals surface area contributed by atoms with Crippen molar-refractivity contribution in [2.45, 2.75) is 69.5 Å². The van der Waals surface area contributed by atoms with E-state index in [4.69, 9.17) is 9.47 Å². The molecular weight excluding hydrogens is 228 g/mol. The fourth-order valence-electron chi connectivity index (χ4n) is 4.97. The van der Waals surface area contributed by atoms with Crippen LogP contribution in [0.1, 0.15) is 47.0 Å². The molecule has 4 aliphatic rings. The van der Waals surface area contributed by atoms with E-state index in [1.54, 1.807) is 0 Å². The molecule has 5 atom stereocenters. The van der Waals surface area contributed by atoms with Crippen molar-refractivity contribution in [3.05, 3.63) is 11.6 Å². The molecule has 1 saturated carbocycles. The smallest absolute Gasteiger partial charge is 0.219 e. The fourth-order valence-corrected chi connectivity index (χ4v) is 4.97. The first-order valence-electron chi connectivity index (χ1n) is 7.08. The Balaban J connectivity index is 1.90. The van der Waals surface area contributed by atoms with Gasteiger partial charge in [0.25, 0.3) is 0 Å². The number of fused-ring (bicyclic) bond motifs is 2. The molecule has 3 fully saturated rings. The predicted molar refractivity (Wildman–Crippen MR) is 66.9 cm³/mol. The highest BCUT2D eigenvalue weighted by Gasteiger charge is 2.84. The first-order chi connectivity index (χ1) is 8.27. The van der Waals surface area contributed by atoms with Crippen LogP contribution >= 0.6 is 0 Å². The summed E-state index contributed by atoms with van der Waals surface area (Å²) in [4.78, 5) is 0. The summed E-state index contributed by atoms with van der Waals surface area (Å²) in [5.41, 5.74) is 0.297. The highest BCUT2D eigenvalue weighted by atomic mass is 16.7. The van der Waals surface area contributed by atoms with E-state index in [0.29, 0.717) is 11.8 Å². The summed E-state index contributed by atoms with van der Waals surface area (Å²) in [7, 11) is 0. The normalized spacial score (nSPS) is 59.7. The lowest BCUT2D eigenvalue weighted by molar-refractivity contribution is -0.232. The van der Waals surface area contributed by atoms with Crippen molar-refractivity contribution >= 4 is 0 Å². The second-order valence-electron chi connectivity index (χ2n) is 7.29. The SMILES string of the molecule is CC1=C[C@@]2(O)O[C@@]3(C[C@]24OC4(C)C)[C@@H](C)CC[C@@H]13. The van der Waals surface area contributed by atoms with E-state index in [-0.39, 0.29) is 11.2 Å². The molecule has 0 radical (unpaired) electrons. The minimum absolute atomic E-state index is 0.193. The van der Waals surface area contributed by atoms with E-state index in [1.165, 1.54) is 18.4 Å². The average Bonchev–Trinajstić information content (AvgIpc) is 2.56. The average molecular weight is 250 g/mol. The zero-order valence-electron chi connectivity index (χ0n) is 11.6. The summed E-state index contributed by atoms with van der Waals surface area (Å²) < 4.78 is 12.2. The Hall–Kier alpha value is -0.380. The van der Waals surface area contributed by atoms with Crippen LogP contribution in [-0.2, 0) is 9.47 Å². The third kappa shape index (κ3) is 0.939. The number of epoxide rings is 1. The molecule has 0 unspecified atom stereocenters. The molecule has 1 N–H and O–H groups in total. The monoisotopic (exact) mass is 250 g/mol. The highest BCUT2D eigenvalue weighted by Crippen LogP contribution is 2.71. The third-order valence-corrected chi connectivity index (χ3v) is 6.10. The minimum Gasteiger partial charge on any atom is -0.360 e. The molecule has 0 aromatic heterocycles. The van der Waals surface area contributed by atoms with Crippen LogP contribution in [0.4, 0.5) is 0 Å². The van der Waals surface area contributed by atoms with Gasteiger partial charge in [-0.25, -0.2) is 0 Å². The summed E-state index contributed by atoms with van der Waals surface area (Å²) in [6, 6.07) is 0. The summed E-state index contributed by atoms with van der Waals surface area (Å²) in [5, 5.41) is 11.0. The van der Waals surface area contributed by atoms with E-state index in [9.17, 15) is 5.11 Å². The first kappa shape index (κ1) is 11.4. The molecule has 100 valence electrons. The van der Waals surface area contributed by atoms with Gasteiger partial charge in [-0.1, -0.05) is 12.5 Å². The maximum absolute atomic E-state index is 11.0. The molecule has 2 spiro atoms. The highest BCUT2D eigenvalue weighted by molar-refractivity contribution is 5.38. The van der Waals surface area contributed by atoms with E-state index < -0.39 is 11.4 Å². The molecule has 2 saturated heterocycles. The molecule has 0 aromatic rings. The van der Waals surface area contributed by atoms with Gasteiger partial charge in [-0.3, -0.25) is 0 Å². The van der Waals surface area contributed by atoms with Gasteiger partial charge in [0.15, 0.2) is 5.60 Å². The van der Waals surface area contributed by atoms with Gasteiger partial charge in [0.2, 0.25) is 5.79 Å². The molecule has 2 bridgehead atoms. The zero-order chi connectivity index (χ0) is 13.0. The molecule has 1 aliphatic carbocycles. The van der Waals surface area contributed by atoms with Crippen LogP contribution in [-0.4, -0.2) is 27.7 Å². The van der Waals surface area contributed by atoms with E-state index in [1.807, 2.05) is 6.08 Å². The second-order valence-corrected chi connectivity index (χ2v) is 7.29. The van der Waals surface area contributed by atoms with Crippen LogP contribution in [0.25, 0.3) is 0 Å². The minimum atomic E-state index is -1.21. The van der Waals surface area contributed by atoms with Gasteiger partial charge < -0.3 is 14.6 Å². The Morgan fingerprint density at radius 1 is 1.28 bits per heavy atom. The summed E-state index contributed by atoms with van der Waals surface area (Å²) in [5.74, 6) is -0.250. The molecule has 18 heavy (non-hydrogen) atoms. The number of hydrogen-bond donors (Lipinski definition) is 1. The lowest BCUT2D eigenvalue weighted by atomic mass is 9.76. The van der Waals surface area contributed by atoms with Gasteiger partial charge in [0.1, 0.15) is 0 Å². The van der Waals surface area contributed by atoms with Gasteiger partial charge in [0.05, 0.1) is 11.2 Å². The largest absolute Gasteiger partial charge is 0.360 e. The number of ether oxygens (including phenoxy) is 2. The fraction of sp³-hybridized carbons (Fsp3) is 0.867. The van der Waals surface area contributed by atoms with Crippen molar-refractivity contribution in [1.29, 1.82) is 0 Å². The van der Waals surface area contributed by atoms with Crippen molar-refractivity contribution in [3.8, 4) is 0 Å².